The van der Waals surface area contributed by atoms with Crippen LogP contribution < -0.4 is 0 Å². The van der Waals surface area contributed by atoms with Crippen LogP contribution in [0.1, 0.15) is 5.69 Å². The van der Waals surface area contributed by atoms with Crippen LogP contribution in [-0.2, 0) is 0 Å². The molecule has 0 atom stereocenters. The van der Waals surface area contributed by atoms with Gasteiger partial charge in [0.1, 0.15) is 10.3 Å². The van der Waals surface area contributed by atoms with Crippen LogP contribution in [0.15, 0.2) is 22.9 Å². The Morgan fingerprint density at radius 1 is 1.50 bits per heavy atom. The Balaban J connectivity index is 2.89. The van der Waals surface area contributed by atoms with Gasteiger partial charge >= 0.3 is 0 Å². The van der Waals surface area contributed by atoms with Crippen LogP contribution in [0.3, 0.4) is 0 Å². The fourth-order valence-electron chi connectivity index (χ4n) is 1.13. The lowest BCUT2D eigenvalue weighted by Crippen LogP contribution is -1.91. The summed E-state index contributed by atoms with van der Waals surface area (Å²) in [5, 5.41) is 0. The van der Waals surface area contributed by atoms with E-state index in [0.717, 1.165) is 10.3 Å². The number of imidazole rings is 1. The molecule has 2 aromatic rings. The monoisotopic (exact) mass is 336 g/mol. The first-order valence-electron chi connectivity index (χ1n) is 3.48. The molecule has 0 aliphatic heterocycles. The standard InChI is InChI=1S/C8H6BrIN2/c1-5-6(10)2-3-8-11-7(9)4-12(5)8/h2-4H,1H3. The molecular weight excluding hydrogens is 331 g/mol. The minimum Gasteiger partial charge on any atom is -0.302 e. The summed E-state index contributed by atoms with van der Waals surface area (Å²) in [6.45, 7) is 2.09. The zero-order valence-electron chi connectivity index (χ0n) is 6.38. The van der Waals surface area contributed by atoms with Crippen molar-refractivity contribution in [1.82, 2.24) is 9.38 Å². The molecule has 0 radical (unpaired) electrons. The Labute approximate surface area is 92.3 Å². The lowest BCUT2D eigenvalue weighted by molar-refractivity contribution is 1.08. The van der Waals surface area contributed by atoms with Crippen molar-refractivity contribution < 1.29 is 0 Å². The van der Waals surface area contributed by atoms with E-state index in [0.29, 0.717) is 0 Å². The van der Waals surface area contributed by atoms with Crippen LogP contribution in [0.4, 0.5) is 0 Å². The highest BCUT2D eigenvalue weighted by molar-refractivity contribution is 14.1. The zero-order valence-corrected chi connectivity index (χ0v) is 10.1. The molecule has 2 aromatic heterocycles. The van der Waals surface area contributed by atoms with Crippen LogP contribution in [-0.4, -0.2) is 9.38 Å². The van der Waals surface area contributed by atoms with Gasteiger partial charge < -0.3 is 4.40 Å². The van der Waals surface area contributed by atoms with Crippen LogP contribution in [0, 0.1) is 10.5 Å². The third kappa shape index (κ3) is 1.26. The maximum absolute atomic E-state index is 4.29. The highest BCUT2D eigenvalue weighted by Gasteiger charge is 2.02. The Morgan fingerprint density at radius 2 is 2.25 bits per heavy atom. The Bertz CT molecular complexity index is 436. The van der Waals surface area contributed by atoms with Gasteiger partial charge in [-0.2, -0.15) is 0 Å². The Kier molecular flexibility index (Phi) is 2.12. The lowest BCUT2D eigenvalue weighted by atomic mass is 10.4. The van der Waals surface area contributed by atoms with Gasteiger partial charge in [-0.3, -0.25) is 0 Å². The number of fused-ring (bicyclic) bond motifs is 1. The fourth-order valence-corrected chi connectivity index (χ4v) is 1.96. The molecule has 4 heteroatoms. The predicted octanol–water partition coefficient (Wildman–Crippen LogP) is 3.01. The number of aromatic nitrogens is 2. The summed E-state index contributed by atoms with van der Waals surface area (Å²) in [5.74, 6) is 0. The van der Waals surface area contributed by atoms with E-state index in [1.807, 2.05) is 12.3 Å². The van der Waals surface area contributed by atoms with Crippen LogP contribution in [0.5, 0.6) is 0 Å². The van der Waals surface area contributed by atoms with Gasteiger partial charge in [0, 0.05) is 15.5 Å². The number of rotatable bonds is 0. The number of aryl methyl sites for hydroxylation is 1. The van der Waals surface area contributed by atoms with Crippen LogP contribution in [0.2, 0.25) is 0 Å². The van der Waals surface area contributed by atoms with Gasteiger partial charge in [-0.1, -0.05) is 0 Å². The molecule has 0 N–H and O–H groups in total. The van der Waals surface area contributed by atoms with E-state index in [4.69, 9.17) is 0 Å². The van der Waals surface area contributed by atoms with Crippen molar-refractivity contribution in [2.45, 2.75) is 6.92 Å². The molecule has 62 valence electrons. The minimum absolute atomic E-state index is 0.882. The third-order valence-corrected chi connectivity index (χ3v) is 3.31. The van der Waals surface area contributed by atoms with Crippen molar-refractivity contribution in [2.24, 2.45) is 0 Å². The average Bonchev–Trinajstić information content (AvgIpc) is 2.39. The summed E-state index contributed by atoms with van der Waals surface area (Å²) < 4.78 is 4.21. The van der Waals surface area contributed by atoms with Crippen molar-refractivity contribution in [3.8, 4) is 0 Å². The maximum atomic E-state index is 4.29. The first kappa shape index (κ1) is 8.50. The Hall–Kier alpha value is -0.100. The molecule has 0 aliphatic carbocycles. The van der Waals surface area contributed by atoms with E-state index in [1.165, 1.54) is 9.26 Å². The number of hydrogen-bond acceptors (Lipinski definition) is 1. The highest BCUT2D eigenvalue weighted by atomic mass is 127. The molecule has 0 aromatic carbocycles. The topological polar surface area (TPSA) is 17.3 Å². The third-order valence-electron chi connectivity index (χ3n) is 1.79. The molecule has 12 heavy (non-hydrogen) atoms. The van der Waals surface area contributed by atoms with E-state index in [1.54, 1.807) is 0 Å². The molecule has 0 bridgehead atoms. The van der Waals surface area contributed by atoms with Gasteiger partial charge in [0.15, 0.2) is 0 Å². The lowest BCUT2D eigenvalue weighted by Gasteiger charge is -2.00. The highest BCUT2D eigenvalue weighted by Crippen LogP contribution is 2.17. The quantitative estimate of drug-likeness (QED) is 0.676. The zero-order chi connectivity index (χ0) is 8.72. The van der Waals surface area contributed by atoms with Gasteiger partial charge in [-0.25, -0.2) is 4.98 Å². The minimum atomic E-state index is 0.882. The summed E-state index contributed by atoms with van der Waals surface area (Å²) in [5.41, 5.74) is 2.21. The van der Waals surface area contributed by atoms with Gasteiger partial charge in [-0.05, 0) is 57.6 Å². The molecule has 0 unspecified atom stereocenters. The van der Waals surface area contributed by atoms with Crippen molar-refractivity contribution >= 4 is 44.2 Å². The summed E-state index contributed by atoms with van der Waals surface area (Å²) in [7, 11) is 0. The molecular formula is C8H6BrIN2. The molecule has 0 spiro atoms. The first-order valence-corrected chi connectivity index (χ1v) is 5.35. The molecule has 0 saturated heterocycles. The smallest absolute Gasteiger partial charge is 0.138 e. The molecule has 2 heterocycles. The predicted molar refractivity (Wildman–Crippen MR) is 60.3 cm³/mol. The molecule has 0 aliphatic rings. The fraction of sp³-hybridized carbons (Fsp3) is 0.125. The largest absolute Gasteiger partial charge is 0.302 e. The normalized spacial score (nSPS) is 10.9. The summed E-state index contributed by atoms with van der Waals surface area (Å²) >= 11 is 5.67. The average molecular weight is 337 g/mol. The second-order valence-corrected chi connectivity index (χ2v) is 4.53. The van der Waals surface area contributed by atoms with Gasteiger partial charge in [0.25, 0.3) is 0 Å². The number of halogens is 2. The Morgan fingerprint density at radius 3 is 3.00 bits per heavy atom. The maximum Gasteiger partial charge on any atom is 0.138 e. The molecule has 0 saturated carbocycles. The molecule has 2 rings (SSSR count). The molecule has 0 fully saturated rings. The number of pyridine rings is 1. The summed E-state index contributed by atoms with van der Waals surface area (Å²) in [6.07, 6.45) is 1.98. The van der Waals surface area contributed by atoms with Crippen LogP contribution >= 0.6 is 38.5 Å². The van der Waals surface area contributed by atoms with E-state index >= 15 is 0 Å². The molecule has 0 amide bonds. The van der Waals surface area contributed by atoms with Crippen molar-refractivity contribution in [2.75, 3.05) is 0 Å². The molecule has 2 nitrogen and oxygen atoms in total. The van der Waals surface area contributed by atoms with E-state index in [-0.39, 0.29) is 0 Å². The summed E-state index contributed by atoms with van der Waals surface area (Å²) in [6, 6.07) is 4.09. The summed E-state index contributed by atoms with van der Waals surface area (Å²) in [4.78, 5) is 4.29. The first-order chi connectivity index (χ1) is 5.68. The number of hydrogen-bond donors (Lipinski definition) is 0. The van der Waals surface area contributed by atoms with Crippen LogP contribution in [0.25, 0.3) is 5.65 Å². The van der Waals surface area contributed by atoms with E-state index in [9.17, 15) is 0 Å². The van der Waals surface area contributed by atoms with Gasteiger partial charge in [0.05, 0.1) is 0 Å². The van der Waals surface area contributed by atoms with Crippen molar-refractivity contribution in [3.63, 3.8) is 0 Å². The second-order valence-electron chi connectivity index (χ2n) is 2.56. The van der Waals surface area contributed by atoms with Gasteiger partial charge in [0.2, 0.25) is 0 Å². The van der Waals surface area contributed by atoms with E-state index in [2.05, 4.69) is 60.9 Å². The second kappa shape index (κ2) is 2.99. The van der Waals surface area contributed by atoms with Gasteiger partial charge in [-0.15, -0.1) is 0 Å². The number of nitrogens with zero attached hydrogens (tertiary/aromatic N) is 2. The SMILES string of the molecule is Cc1c(I)ccc2nc(Br)cn12. The van der Waals surface area contributed by atoms with Crippen molar-refractivity contribution in [3.05, 3.63) is 32.2 Å². The van der Waals surface area contributed by atoms with Crippen molar-refractivity contribution in [1.29, 1.82) is 0 Å². The van der Waals surface area contributed by atoms with E-state index < -0.39 is 0 Å².